The van der Waals surface area contributed by atoms with Crippen LogP contribution in [0.25, 0.3) is 11.1 Å². The second-order valence-corrected chi connectivity index (χ2v) is 8.56. The van der Waals surface area contributed by atoms with Gasteiger partial charge < -0.3 is 9.17 Å². The molecule has 0 saturated heterocycles. The van der Waals surface area contributed by atoms with Crippen molar-refractivity contribution in [2.45, 2.75) is 6.54 Å². The summed E-state index contributed by atoms with van der Waals surface area (Å²) in [5.41, 5.74) is 4.47. The van der Waals surface area contributed by atoms with E-state index in [1.54, 1.807) is 24.4 Å². The maximum absolute atomic E-state index is 11.7. The first-order valence-corrected chi connectivity index (χ1v) is 10.6. The van der Waals surface area contributed by atoms with E-state index < -0.39 is 10.1 Å². The Morgan fingerprint density at radius 2 is 1.85 bits per heavy atom. The lowest BCUT2D eigenvalue weighted by atomic mass is 9.94. The number of H-pyrrole nitrogens is 1. The fourth-order valence-electron chi connectivity index (χ4n) is 3.14. The molecule has 0 atom stereocenters. The van der Waals surface area contributed by atoms with Gasteiger partial charge in [-0.1, -0.05) is 47.5 Å². The first kappa shape index (κ1) is 18.1. The van der Waals surface area contributed by atoms with Gasteiger partial charge in [-0.25, -0.2) is 0 Å². The summed E-state index contributed by atoms with van der Waals surface area (Å²) in [5, 5.41) is 1.11. The SMILES string of the molecule is CS(=O)(=O)Oc1[nH]cc2c1-c1ccc(Cl)cc1C(c1ccccc1Cl)=NC2. The maximum atomic E-state index is 11.7. The van der Waals surface area contributed by atoms with Crippen LogP contribution in [0.4, 0.5) is 0 Å². The van der Waals surface area contributed by atoms with Gasteiger partial charge in [0, 0.05) is 32.9 Å². The van der Waals surface area contributed by atoms with Crippen LogP contribution in [0.1, 0.15) is 16.7 Å². The van der Waals surface area contributed by atoms with Crippen LogP contribution < -0.4 is 4.18 Å². The molecule has 0 fully saturated rings. The van der Waals surface area contributed by atoms with E-state index in [0.29, 0.717) is 27.9 Å². The lowest BCUT2D eigenvalue weighted by molar-refractivity contribution is 0.485. The summed E-state index contributed by atoms with van der Waals surface area (Å²) in [5.74, 6) is 0.159. The predicted molar refractivity (Wildman–Crippen MR) is 108 cm³/mol. The lowest BCUT2D eigenvalue weighted by Gasteiger charge is -2.13. The van der Waals surface area contributed by atoms with Gasteiger partial charge in [-0.3, -0.25) is 4.99 Å². The highest BCUT2D eigenvalue weighted by Crippen LogP contribution is 2.40. The van der Waals surface area contributed by atoms with Gasteiger partial charge in [-0.2, -0.15) is 8.42 Å². The van der Waals surface area contributed by atoms with Crippen molar-refractivity contribution in [3.05, 3.63) is 75.4 Å². The van der Waals surface area contributed by atoms with Gasteiger partial charge in [0.05, 0.1) is 24.1 Å². The number of aliphatic imine (C=N–C) groups is 1. The van der Waals surface area contributed by atoms with Crippen molar-refractivity contribution in [2.24, 2.45) is 4.99 Å². The van der Waals surface area contributed by atoms with Crippen LogP contribution in [-0.2, 0) is 16.7 Å². The number of rotatable bonds is 3. The molecule has 0 aliphatic carbocycles. The zero-order valence-electron chi connectivity index (χ0n) is 14.2. The molecule has 138 valence electrons. The molecular weight excluding hydrogens is 407 g/mol. The van der Waals surface area contributed by atoms with Gasteiger partial charge in [0.15, 0.2) is 0 Å². The summed E-state index contributed by atoms with van der Waals surface area (Å²) in [6.45, 7) is 0.339. The van der Waals surface area contributed by atoms with E-state index in [4.69, 9.17) is 32.4 Å². The van der Waals surface area contributed by atoms with Crippen LogP contribution >= 0.6 is 23.2 Å². The van der Waals surface area contributed by atoms with Crippen LogP contribution in [0.15, 0.2) is 53.7 Å². The smallest absolute Gasteiger partial charge is 0.307 e. The summed E-state index contributed by atoms with van der Waals surface area (Å²) < 4.78 is 28.5. The van der Waals surface area contributed by atoms with Gasteiger partial charge in [-0.05, 0) is 23.8 Å². The third-order valence-electron chi connectivity index (χ3n) is 4.20. The highest BCUT2D eigenvalue weighted by atomic mass is 35.5. The normalized spacial score (nSPS) is 13.4. The Labute approximate surface area is 166 Å². The molecule has 1 N–H and O–H groups in total. The largest absolute Gasteiger partial charge is 0.363 e. The summed E-state index contributed by atoms with van der Waals surface area (Å²) >= 11 is 12.6. The van der Waals surface area contributed by atoms with Crippen molar-refractivity contribution in [1.29, 1.82) is 0 Å². The molecule has 2 heterocycles. The van der Waals surface area contributed by atoms with Crippen molar-refractivity contribution in [2.75, 3.05) is 6.26 Å². The van der Waals surface area contributed by atoms with Gasteiger partial charge in [0.1, 0.15) is 0 Å². The van der Waals surface area contributed by atoms with Gasteiger partial charge >= 0.3 is 10.1 Å². The average molecular weight is 421 g/mol. The predicted octanol–water partition coefficient (Wildman–Crippen LogP) is 4.68. The van der Waals surface area contributed by atoms with Gasteiger partial charge in [0.2, 0.25) is 5.88 Å². The zero-order chi connectivity index (χ0) is 19.2. The van der Waals surface area contributed by atoms with Gasteiger partial charge in [0.25, 0.3) is 0 Å². The first-order valence-electron chi connectivity index (χ1n) is 8.03. The minimum Gasteiger partial charge on any atom is -0.363 e. The Bertz CT molecular complexity index is 1180. The summed E-state index contributed by atoms with van der Waals surface area (Å²) in [6.07, 6.45) is 2.71. The van der Waals surface area contributed by atoms with Crippen molar-refractivity contribution >= 4 is 39.0 Å². The summed E-state index contributed by atoms with van der Waals surface area (Å²) in [4.78, 5) is 7.63. The van der Waals surface area contributed by atoms with E-state index >= 15 is 0 Å². The molecule has 3 aromatic rings. The van der Waals surface area contributed by atoms with E-state index in [2.05, 4.69) is 4.98 Å². The Morgan fingerprint density at radius 3 is 2.59 bits per heavy atom. The molecule has 8 heteroatoms. The molecule has 27 heavy (non-hydrogen) atoms. The number of benzene rings is 2. The number of hydrogen-bond donors (Lipinski definition) is 1. The quantitative estimate of drug-likeness (QED) is 0.625. The Kier molecular flexibility index (Phi) is 4.50. The van der Waals surface area contributed by atoms with Crippen molar-refractivity contribution in [3.8, 4) is 17.0 Å². The molecule has 0 saturated carbocycles. The third kappa shape index (κ3) is 3.48. The Balaban J connectivity index is 1.97. The number of halogens is 2. The topological polar surface area (TPSA) is 71.5 Å². The molecule has 1 aliphatic heterocycles. The number of nitrogens with zero attached hydrogens (tertiary/aromatic N) is 1. The fourth-order valence-corrected chi connectivity index (χ4v) is 3.97. The average Bonchev–Trinajstić information content (AvgIpc) is 2.89. The summed E-state index contributed by atoms with van der Waals surface area (Å²) in [6, 6.07) is 12.8. The highest BCUT2D eigenvalue weighted by molar-refractivity contribution is 7.86. The zero-order valence-corrected chi connectivity index (χ0v) is 16.5. The van der Waals surface area contributed by atoms with E-state index in [9.17, 15) is 8.42 Å². The first-order chi connectivity index (χ1) is 12.8. The number of nitrogens with one attached hydrogen (secondary N) is 1. The molecule has 1 aliphatic rings. The Hall–Kier alpha value is -2.28. The van der Waals surface area contributed by atoms with Crippen molar-refractivity contribution in [3.63, 3.8) is 0 Å². The van der Waals surface area contributed by atoms with Crippen LogP contribution in [-0.4, -0.2) is 25.4 Å². The second kappa shape index (κ2) is 6.71. The molecule has 2 aromatic carbocycles. The minimum absolute atomic E-state index is 0.159. The lowest BCUT2D eigenvalue weighted by Crippen LogP contribution is -2.08. The molecular formula is C19H14Cl2N2O3S. The Morgan fingerprint density at radius 1 is 1.07 bits per heavy atom. The van der Waals surface area contributed by atoms with E-state index in [0.717, 1.165) is 28.5 Å². The monoisotopic (exact) mass is 420 g/mol. The minimum atomic E-state index is -3.69. The van der Waals surface area contributed by atoms with E-state index in [1.165, 1.54) is 0 Å². The van der Waals surface area contributed by atoms with Crippen molar-refractivity contribution in [1.82, 2.24) is 4.98 Å². The fraction of sp³-hybridized carbons (Fsp3) is 0.105. The standard InChI is InChI=1S/C19H14Cl2N2O3S/c1-27(24,25)26-19-17-11(10-23-19)9-22-18(14-4-2-3-5-16(14)21)15-8-12(20)6-7-13(15)17/h2-8,10,23H,9H2,1H3. The van der Waals surface area contributed by atoms with Crippen LogP contribution in [0.2, 0.25) is 10.0 Å². The van der Waals surface area contributed by atoms with Crippen LogP contribution in [0, 0.1) is 0 Å². The third-order valence-corrected chi connectivity index (χ3v) is 5.24. The van der Waals surface area contributed by atoms with E-state index in [1.807, 2.05) is 24.3 Å². The number of aromatic nitrogens is 1. The highest BCUT2D eigenvalue weighted by Gasteiger charge is 2.26. The number of aromatic amines is 1. The molecule has 0 spiro atoms. The molecule has 1 aromatic heterocycles. The van der Waals surface area contributed by atoms with Crippen LogP contribution in [0.5, 0.6) is 5.88 Å². The molecule has 4 rings (SSSR count). The maximum Gasteiger partial charge on any atom is 0.307 e. The molecule has 0 amide bonds. The number of fused-ring (bicyclic) bond motifs is 3. The molecule has 5 nitrogen and oxygen atoms in total. The molecule has 0 radical (unpaired) electrons. The number of hydrogen-bond acceptors (Lipinski definition) is 4. The van der Waals surface area contributed by atoms with Crippen LogP contribution in [0.3, 0.4) is 0 Å². The molecule has 0 unspecified atom stereocenters. The second-order valence-electron chi connectivity index (χ2n) is 6.14. The van der Waals surface area contributed by atoms with Gasteiger partial charge in [-0.15, -0.1) is 0 Å². The van der Waals surface area contributed by atoms with E-state index in [-0.39, 0.29) is 5.88 Å². The summed E-state index contributed by atoms with van der Waals surface area (Å²) in [7, 11) is -3.69. The van der Waals surface area contributed by atoms with Crippen molar-refractivity contribution < 1.29 is 12.6 Å². The molecule has 0 bridgehead atoms.